The molecule has 0 unspecified atom stereocenters. The van der Waals surface area contributed by atoms with Gasteiger partial charge in [0.1, 0.15) is 6.61 Å². The van der Waals surface area contributed by atoms with Crippen molar-refractivity contribution >= 4 is 5.97 Å². The van der Waals surface area contributed by atoms with Gasteiger partial charge in [0.15, 0.2) is 0 Å². The zero-order valence-corrected chi connectivity index (χ0v) is 9.21. The quantitative estimate of drug-likeness (QED) is 0.496. The Kier molecular flexibility index (Phi) is 6.49. The summed E-state index contributed by atoms with van der Waals surface area (Å²) < 4.78 is 9.95. The molecule has 0 rings (SSSR count). The van der Waals surface area contributed by atoms with Gasteiger partial charge in [0.25, 0.3) is 0 Å². The molecule has 0 atom stereocenters. The molecule has 4 nitrogen and oxygen atoms in total. The highest BCUT2D eigenvalue weighted by atomic mass is 16.6. The fraction of sp³-hybridized carbons (Fsp3) is 0.900. The van der Waals surface area contributed by atoms with Gasteiger partial charge >= 0.3 is 5.97 Å². The van der Waals surface area contributed by atoms with Crippen LogP contribution in [0.5, 0.6) is 0 Å². The summed E-state index contributed by atoms with van der Waals surface area (Å²) in [7, 11) is 0. The zero-order chi connectivity index (χ0) is 11.0. The van der Waals surface area contributed by atoms with E-state index in [1.54, 1.807) is 0 Å². The molecule has 0 aromatic heterocycles. The summed E-state index contributed by atoms with van der Waals surface area (Å²) in [6, 6.07) is 0. The van der Waals surface area contributed by atoms with Crippen LogP contribution >= 0.6 is 0 Å². The van der Waals surface area contributed by atoms with E-state index >= 15 is 0 Å². The Morgan fingerprint density at radius 2 is 1.93 bits per heavy atom. The molecule has 84 valence electrons. The van der Waals surface area contributed by atoms with E-state index in [2.05, 4.69) is 0 Å². The van der Waals surface area contributed by atoms with Crippen molar-refractivity contribution in [2.75, 3.05) is 26.4 Å². The molecule has 0 saturated carbocycles. The largest absolute Gasteiger partial charge is 0.463 e. The highest BCUT2D eigenvalue weighted by Gasteiger charge is 2.26. The molecule has 0 saturated heterocycles. The first-order valence-electron chi connectivity index (χ1n) is 4.90. The lowest BCUT2D eigenvalue weighted by atomic mass is 9.91. The summed E-state index contributed by atoms with van der Waals surface area (Å²) in [5, 5.41) is 8.41. The minimum atomic E-state index is -0.420. The van der Waals surface area contributed by atoms with Crippen molar-refractivity contribution in [2.45, 2.75) is 27.2 Å². The average Bonchev–Trinajstić information content (AvgIpc) is 2.17. The van der Waals surface area contributed by atoms with Gasteiger partial charge in [-0.2, -0.15) is 0 Å². The third-order valence-electron chi connectivity index (χ3n) is 2.13. The highest BCUT2D eigenvalue weighted by Crippen LogP contribution is 2.21. The minimum absolute atomic E-state index is 0.00556. The second kappa shape index (κ2) is 6.79. The normalized spacial score (nSPS) is 11.4. The number of aliphatic hydroxyl groups excluding tert-OH is 1. The Balaban J connectivity index is 3.54. The Morgan fingerprint density at radius 1 is 1.29 bits per heavy atom. The molecule has 1 N–H and O–H groups in total. The van der Waals surface area contributed by atoms with E-state index < -0.39 is 5.41 Å². The Labute approximate surface area is 85.2 Å². The predicted octanol–water partition coefficient (Wildman–Crippen LogP) is 0.975. The second-order valence-corrected chi connectivity index (χ2v) is 3.71. The molecule has 0 aliphatic carbocycles. The molecule has 0 radical (unpaired) electrons. The van der Waals surface area contributed by atoms with Gasteiger partial charge in [-0.3, -0.25) is 4.79 Å². The first kappa shape index (κ1) is 13.4. The van der Waals surface area contributed by atoms with Crippen LogP contribution in [-0.2, 0) is 14.3 Å². The van der Waals surface area contributed by atoms with Crippen LogP contribution < -0.4 is 0 Å². The molecule has 0 fully saturated rings. The van der Waals surface area contributed by atoms with Crippen molar-refractivity contribution in [3.63, 3.8) is 0 Å². The smallest absolute Gasteiger partial charge is 0.311 e. The summed E-state index contributed by atoms with van der Waals surface area (Å²) in [6.45, 7) is 6.52. The predicted molar refractivity (Wildman–Crippen MR) is 52.9 cm³/mol. The minimum Gasteiger partial charge on any atom is -0.463 e. The topological polar surface area (TPSA) is 55.8 Å². The van der Waals surface area contributed by atoms with Crippen LogP contribution in [0.2, 0.25) is 0 Å². The molecular weight excluding hydrogens is 184 g/mol. The van der Waals surface area contributed by atoms with Gasteiger partial charge in [-0.15, -0.1) is 0 Å². The van der Waals surface area contributed by atoms with Gasteiger partial charge in [0, 0.05) is 0 Å². The zero-order valence-electron chi connectivity index (χ0n) is 9.21. The first-order valence-corrected chi connectivity index (χ1v) is 4.90. The maximum Gasteiger partial charge on any atom is 0.311 e. The van der Waals surface area contributed by atoms with Crippen LogP contribution in [0.1, 0.15) is 27.2 Å². The lowest BCUT2D eigenvalue weighted by Gasteiger charge is -2.20. The molecule has 0 aromatic rings. The van der Waals surface area contributed by atoms with E-state index in [0.717, 1.165) is 6.42 Å². The van der Waals surface area contributed by atoms with E-state index in [-0.39, 0.29) is 25.8 Å². The standard InChI is InChI=1S/C10H20O4/c1-4-10(2,3)9(12)14-8-7-13-6-5-11/h11H,4-8H2,1-3H3. The number of aliphatic hydroxyl groups is 1. The van der Waals surface area contributed by atoms with Gasteiger partial charge in [-0.05, 0) is 20.3 Å². The molecule has 0 aliphatic heterocycles. The van der Waals surface area contributed by atoms with Gasteiger partial charge in [0.2, 0.25) is 0 Å². The first-order chi connectivity index (χ1) is 6.54. The number of carbonyl (C=O) groups is 1. The number of ether oxygens (including phenoxy) is 2. The molecule has 14 heavy (non-hydrogen) atoms. The fourth-order valence-corrected chi connectivity index (χ4v) is 0.700. The van der Waals surface area contributed by atoms with Crippen LogP contribution in [-0.4, -0.2) is 37.5 Å². The number of esters is 1. The molecule has 0 amide bonds. The molecule has 4 heteroatoms. The van der Waals surface area contributed by atoms with E-state index in [0.29, 0.717) is 6.61 Å². The lowest BCUT2D eigenvalue weighted by molar-refractivity contribution is -0.155. The van der Waals surface area contributed by atoms with Gasteiger partial charge in [-0.25, -0.2) is 0 Å². The monoisotopic (exact) mass is 204 g/mol. The third kappa shape index (κ3) is 5.19. The van der Waals surface area contributed by atoms with Crippen LogP contribution in [0.4, 0.5) is 0 Å². The van der Waals surface area contributed by atoms with E-state index in [1.807, 2.05) is 20.8 Å². The molecule has 0 aromatic carbocycles. The Morgan fingerprint density at radius 3 is 2.43 bits per heavy atom. The Bertz CT molecular complexity index is 166. The van der Waals surface area contributed by atoms with E-state index in [4.69, 9.17) is 14.6 Å². The molecule has 0 heterocycles. The SMILES string of the molecule is CCC(C)(C)C(=O)OCCOCCO. The second-order valence-electron chi connectivity index (χ2n) is 3.71. The van der Waals surface area contributed by atoms with E-state index in [1.165, 1.54) is 0 Å². The molecular formula is C10H20O4. The van der Waals surface area contributed by atoms with Crippen molar-refractivity contribution in [3.8, 4) is 0 Å². The Hall–Kier alpha value is -0.610. The van der Waals surface area contributed by atoms with Crippen molar-refractivity contribution in [3.05, 3.63) is 0 Å². The summed E-state index contributed by atoms with van der Waals surface area (Å²) in [4.78, 5) is 11.4. The lowest BCUT2D eigenvalue weighted by Crippen LogP contribution is -2.27. The van der Waals surface area contributed by atoms with Crippen molar-refractivity contribution in [1.82, 2.24) is 0 Å². The van der Waals surface area contributed by atoms with Crippen LogP contribution in [0, 0.1) is 5.41 Å². The summed E-state index contributed by atoms with van der Waals surface area (Å²) in [6.07, 6.45) is 0.753. The number of hydrogen-bond acceptors (Lipinski definition) is 4. The average molecular weight is 204 g/mol. The summed E-state index contributed by atoms with van der Waals surface area (Å²) in [5.41, 5.74) is -0.420. The van der Waals surface area contributed by atoms with Gasteiger partial charge < -0.3 is 14.6 Å². The van der Waals surface area contributed by atoms with Crippen LogP contribution in [0.15, 0.2) is 0 Å². The molecule has 0 aliphatic rings. The maximum absolute atomic E-state index is 11.4. The van der Waals surface area contributed by atoms with Crippen molar-refractivity contribution < 1.29 is 19.4 Å². The van der Waals surface area contributed by atoms with Crippen LogP contribution in [0.25, 0.3) is 0 Å². The number of rotatable bonds is 7. The van der Waals surface area contributed by atoms with Crippen molar-refractivity contribution in [2.24, 2.45) is 5.41 Å². The third-order valence-corrected chi connectivity index (χ3v) is 2.13. The van der Waals surface area contributed by atoms with Gasteiger partial charge in [0.05, 0.1) is 25.2 Å². The maximum atomic E-state index is 11.4. The highest BCUT2D eigenvalue weighted by molar-refractivity contribution is 5.75. The number of carbonyl (C=O) groups excluding carboxylic acids is 1. The molecule has 0 bridgehead atoms. The van der Waals surface area contributed by atoms with Crippen LogP contribution in [0.3, 0.4) is 0 Å². The van der Waals surface area contributed by atoms with Gasteiger partial charge in [-0.1, -0.05) is 6.92 Å². The number of hydrogen-bond donors (Lipinski definition) is 1. The summed E-state index contributed by atoms with van der Waals surface area (Å²) >= 11 is 0. The molecule has 0 spiro atoms. The fourth-order valence-electron chi connectivity index (χ4n) is 0.700. The van der Waals surface area contributed by atoms with Crippen molar-refractivity contribution in [1.29, 1.82) is 0 Å². The van der Waals surface area contributed by atoms with E-state index in [9.17, 15) is 4.79 Å². The summed E-state index contributed by atoms with van der Waals surface area (Å²) in [5.74, 6) is -0.201.